The van der Waals surface area contributed by atoms with Crippen LogP contribution in [0.5, 0.6) is 0 Å². The van der Waals surface area contributed by atoms with Crippen LogP contribution in [0.25, 0.3) is 0 Å². The maximum atomic E-state index is 12.5. The minimum Gasteiger partial charge on any atom is -0.352 e. The minimum absolute atomic E-state index is 0.250. The average molecular weight is 350 g/mol. The number of nitrogens with one attached hydrogen (secondary N) is 1. The van der Waals surface area contributed by atoms with Crippen molar-refractivity contribution in [2.24, 2.45) is 11.8 Å². The van der Waals surface area contributed by atoms with Crippen molar-refractivity contribution >= 4 is 5.91 Å². The van der Waals surface area contributed by atoms with E-state index in [0.29, 0.717) is 18.5 Å². The summed E-state index contributed by atoms with van der Waals surface area (Å²) >= 11 is 0. The Morgan fingerprint density at radius 2 is 1.52 bits per heavy atom. The summed E-state index contributed by atoms with van der Waals surface area (Å²) in [5, 5.41) is 3.32. The van der Waals surface area contributed by atoms with Gasteiger partial charge in [-0.25, -0.2) is 0 Å². The van der Waals surface area contributed by atoms with Crippen molar-refractivity contribution in [2.75, 3.05) is 39.3 Å². The maximum absolute atomic E-state index is 12.5. The van der Waals surface area contributed by atoms with Crippen molar-refractivity contribution in [3.8, 4) is 0 Å². The Kier molecular flexibility index (Phi) is 7.60. The summed E-state index contributed by atoms with van der Waals surface area (Å²) in [4.78, 5) is 17.5. The summed E-state index contributed by atoms with van der Waals surface area (Å²) in [6.07, 6.45) is 13.4. The lowest BCUT2D eigenvalue weighted by Gasteiger charge is -2.30. The molecule has 0 aromatic heterocycles. The fourth-order valence-corrected chi connectivity index (χ4v) is 5.09. The first-order valence-electron chi connectivity index (χ1n) is 10.9. The van der Waals surface area contributed by atoms with Crippen LogP contribution in [0.15, 0.2) is 0 Å². The van der Waals surface area contributed by atoms with Crippen molar-refractivity contribution in [3.05, 3.63) is 0 Å². The van der Waals surface area contributed by atoms with Crippen molar-refractivity contribution < 1.29 is 4.79 Å². The van der Waals surface area contributed by atoms with Gasteiger partial charge in [0.1, 0.15) is 0 Å². The lowest BCUT2D eigenvalue weighted by atomic mass is 9.86. The van der Waals surface area contributed by atoms with E-state index < -0.39 is 0 Å². The predicted octanol–water partition coefficient (Wildman–Crippen LogP) is 3.27. The lowest BCUT2D eigenvalue weighted by Crippen LogP contribution is -2.46. The molecule has 1 saturated heterocycles. The Labute approximate surface area is 154 Å². The third-order valence-electron chi connectivity index (χ3n) is 6.75. The van der Waals surface area contributed by atoms with Crippen LogP contribution in [0, 0.1) is 11.8 Å². The molecule has 1 N–H and O–H groups in total. The highest BCUT2D eigenvalue weighted by atomic mass is 16.2. The first kappa shape index (κ1) is 19.2. The molecule has 0 spiro atoms. The SMILES string of the molecule is CC1CCCCC1NC(=O)CN1CCCN(CC2CCCCC2)CC1. The Balaban J connectivity index is 1.37. The van der Waals surface area contributed by atoms with Crippen LogP contribution in [0.3, 0.4) is 0 Å². The number of carbonyl (C=O) groups excluding carboxylic acids is 1. The van der Waals surface area contributed by atoms with Gasteiger partial charge < -0.3 is 10.2 Å². The topological polar surface area (TPSA) is 35.6 Å². The second kappa shape index (κ2) is 9.91. The van der Waals surface area contributed by atoms with Gasteiger partial charge >= 0.3 is 0 Å². The standard InChI is InChI=1S/C21H39N3O/c1-18-8-5-6-11-20(18)22-21(25)17-24-13-7-12-23(14-15-24)16-19-9-3-2-4-10-19/h18-20H,2-17H2,1H3,(H,22,25). The number of rotatable bonds is 5. The van der Waals surface area contributed by atoms with Crippen molar-refractivity contribution in [1.82, 2.24) is 15.1 Å². The van der Waals surface area contributed by atoms with Crippen LogP contribution >= 0.6 is 0 Å². The zero-order valence-corrected chi connectivity index (χ0v) is 16.3. The van der Waals surface area contributed by atoms with Crippen LogP contribution in [0.4, 0.5) is 0 Å². The average Bonchev–Trinajstić information content (AvgIpc) is 2.83. The smallest absolute Gasteiger partial charge is 0.234 e. The zero-order chi connectivity index (χ0) is 17.5. The highest BCUT2D eigenvalue weighted by Crippen LogP contribution is 2.25. The van der Waals surface area contributed by atoms with E-state index >= 15 is 0 Å². The van der Waals surface area contributed by atoms with Crippen LogP contribution < -0.4 is 5.32 Å². The first-order chi connectivity index (χ1) is 12.2. The molecule has 25 heavy (non-hydrogen) atoms. The van der Waals surface area contributed by atoms with Crippen LogP contribution in [0.2, 0.25) is 0 Å². The van der Waals surface area contributed by atoms with Gasteiger partial charge in [0, 0.05) is 25.7 Å². The maximum Gasteiger partial charge on any atom is 0.234 e. The Morgan fingerprint density at radius 3 is 2.32 bits per heavy atom. The van der Waals surface area contributed by atoms with E-state index in [0.717, 1.165) is 25.6 Å². The van der Waals surface area contributed by atoms with Crippen molar-refractivity contribution in [2.45, 2.75) is 77.2 Å². The minimum atomic E-state index is 0.250. The second-order valence-corrected chi connectivity index (χ2v) is 8.87. The zero-order valence-electron chi connectivity index (χ0n) is 16.3. The lowest BCUT2D eigenvalue weighted by molar-refractivity contribution is -0.123. The highest BCUT2D eigenvalue weighted by molar-refractivity contribution is 5.78. The molecule has 0 aromatic carbocycles. The fraction of sp³-hybridized carbons (Fsp3) is 0.952. The van der Waals surface area contributed by atoms with Crippen molar-refractivity contribution in [1.29, 1.82) is 0 Å². The van der Waals surface area contributed by atoms with Crippen LogP contribution in [-0.2, 0) is 4.79 Å². The monoisotopic (exact) mass is 349 g/mol. The molecule has 0 aromatic rings. The van der Waals surface area contributed by atoms with E-state index in [2.05, 4.69) is 22.0 Å². The van der Waals surface area contributed by atoms with E-state index in [1.165, 1.54) is 77.3 Å². The molecule has 2 atom stereocenters. The van der Waals surface area contributed by atoms with Gasteiger partial charge in [0.2, 0.25) is 5.91 Å². The van der Waals surface area contributed by atoms with Gasteiger partial charge in [0.05, 0.1) is 6.54 Å². The van der Waals surface area contributed by atoms with Gasteiger partial charge in [0.15, 0.2) is 0 Å². The third-order valence-corrected chi connectivity index (χ3v) is 6.75. The molecule has 2 aliphatic carbocycles. The van der Waals surface area contributed by atoms with Gasteiger partial charge in [-0.2, -0.15) is 0 Å². The van der Waals surface area contributed by atoms with E-state index in [-0.39, 0.29) is 5.91 Å². The molecule has 0 bridgehead atoms. The number of amides is 1. The molecule has 1 heterocycles. The van der Waals surface area contributed by atoms with Crippen molar-refractivity contribution in [3.63, 3.8) is 0 Å². The quantitative estimate of drug-likeness (QED) is 0.827. The molecular formula is C21H39N3O. The highest BCUT2D eigenvalue weighted by Gasteiger charge is 2.25. The summed E-state index contributed by atoms with van der Waals surface area (Å²) in [5.74, 6) is 1.82. The molecular weight excluding hydrogens is 310 g/mol. The number of nitrogens with zero attached hydrogens (tertiary/aromatic N) is 2. The van der Waals surface area contributed by atoms with Crippen LogP contribution in [0.1, 0.15) is 71.1 Å². The van der Waals surface area contributed by atoms with Gasteiger partial charge in [-0.15, -0.1) is 0 Å². The van der Waals surface area contributed by atoms with E-state index in [1.807, 2.05) is 0 Å². The molecule has 3 rings (SSSR count). The number of hydrogen-bond acceptors (Lipinski definition) is 3. The Bertz CT molecular complexity index is 408. The van der Waals surface area contributed by atoms with E-state index in [4.69, 9.17) is 0 Å². The van der Waals surface area contributed by atoms with Gasteiger partial charge in [0.25, 0.3) is 0 Å². The van der Waals surface area contributed by atoms with E-state index in [9.17, 15) is 4.79 Å². The summed E-state index contributed by atoms with van der Waals surface area (Å²) < 4.78 is 0. The Hall–Kier alpha value is -0.610. The molecule has 1 aliphatic heterocycles. The Morgan fingerprint density at radius 1 is 0.840 bits per heavy atom. The predicted molar refractivity (Wildman–Crippen MR) is 104 cm³/mol. The molecule has 4 heteroatoms. The summed E-state index contributed by atoms with van der Waals surface area (Å²) in [7, 11) is 0. The molecule has 4 nitrogen and oxygen atoms in total. The van der Waals surface area contributed by atoms with Gasteiger partial charge in [-0.05, 0) is 57.0 Å². The summed E-state index contributed by atoms with van der Waals surface area (Å²) in [6, 6.07) is 0.413. The molecule has 1 amide bonds. The van der Waals surface area contributed by atoms with Crippen LogP contribution in [-0.4, -0.2) is 61.0 Å². The molecule has 3 fully saturated rings. The van der Waals surface area contributed by atoms with Gasteiger partial charge in [-0.3, -0.25) is 9.69 Å². The summed E-state index contributed by atoms with van der Waals surface area (Å²) in [6.45, 7) is 8.67. The number of hydrogen-bond donors (Lipinski definition) is 1. The fourth-order valence-electron chi connectivity index (χ4n) is 5.09. The van der Waals surface area contributed by atoms with E-state index in [1.54, 1.807) is 0 Å². The third kappa shape index (κ3) is 6.25. The molecule has 2 saturated carbocycles. The normalized spacial score (nSPS) is 30.8. The molecule has 3 aliphatic rings. The summed E-state index contributed by atoms with van der Waals surface area (Å²) in [5.41, 5.74) is 0. The first-order valence-corrected chi connectivity index (χ1v) is 10.9. The molecule has 0 radical (unpaired) electrons. The van der Waals surface area contributed by atoms with Gasteiger partial charge in [-0.1, -0.05) is 39.0 Å². The molecule has 2 unspecified atom stereocenters. The second-order valence-electron chi connectivity index (χ2n) is 8.87. The largest absolute Gasteiger partial charge is 0.352 e. The number of carbonyl (C=O) groups is 1. The molecule has 144 valence electrons.